The van der Waals surface area contributed by atoms with Crippen molar-refractivity contribution in [2.45, 2.75) is 44.9 Å². The second-order valence-electron chi connectivity index (χ2n) is 5.03. The molecule has 0 aliphatic rings. The average molecular weight is 275 g/mol. The summed E-state index contributed by atoms with van der Waals surface area (Å²) in [5, 5.41) is 8.57. The molecule has 0 heterocycles. The lowest BCUT2D eigenvalue weighted by atomic mass is 10.0. The van der Waals surface area contributed by atoms with Crippen LogP contribution in [0.3, 0.4) is 0 Å². The molecule has 20 heavy (non-hydrogen) atoms. The Hall–Kier alpha value is -1.61. The number of unbranched alkanes of at least 4 members (excludes halogenated alkanes) is 3. The lowest BCUT2D eigenvalue weighted by Crippen LogP contribution is -1.96. The molecule has 0 spiro atoms. The fourth-order valence-electron chi connectivity index (χ4n) is 2.03. The summed E-state index contributed by atoms with van der Waals surface area (Å²) < 4.78 is 0. The molecule has 3 nitrogen and oxygen atoms in total. The van der Waals surface area contributed by atoms with Crippen molar-refractivity contribution in [2.24, 2.45) is 5.73 Å². The van der Waals surface area contributed by atoms with Crippen LogP contribution in [-0.4, -0.2) is 17.6 Å². The summed E-state index contributed by atoms with van der Waals surface area (Å²) >= 11 is 0. The number of nitrogens with two attached hydrogens (primary N) is 1. The highest BCUT2D eigenvalue weighted by molar-refractivity contribution is 5.66. The van der Waals surface area contributed by atoms with Gasteiger partial charge in [-0.05, 0) is 56.2 Å². The first-order chi connectivity index (χ1) is 9.72. The van der Waals surface area contributed by atoms with Crippen LogP contribution in [0.25, 0.3) is 6.08 Å². The maximum absolute atomic E-state index is 10.4. The largest absolute Gasteiger partial charge is 0.481 e. The van der Waals surface area contributed by atoms with Gasteiger partial charge in [0.15, 0.2) is 0 Å². The molecule has 1 aromatic carbocycles. The first-order valence-electron chi connectivity index (χ1n) is 7.39. The Morgan fingerprint density at radius 3 is 2.50 bits per heavy atom. The third-order valence-electron chi connectivity index (χ3n) is 3.22. The maximum Gasteiger partial charge on any atom is 0.303 e. The molecule has 0 aromatic heterocycles. The lowest BCUT2D eigenvalue weighted by molar-refractivity contribution is -0.137. The Morgan fingerprint density at radius 1 is 1.10 bits per heavy atom. The number of benzene rings is 1. The van der Waals surface area contributed by atoms with Crippen LogP contribution in [-0.2, 0) is 11.2 Å². The molecule has 3 N–H and O–H groups in total. The number of carboxylic acids is 1. The van der Waals surface area contributed by atoms with Gasteiger partial charge in [0.1, 0.15) is 0 Å². The SMILES string of the molecule is NCCCCC=Cc1ccc(CCCCC(=O)O)cc1. The first kappa shape index (κ1) is 16.4. The van der Waals surface area contributed by atoms with E-state index in [1.807, 2.05) is 0 Å². The van der Waals surface area contributed by atoms with E-state index in [9.17, 15) is 4.79 Å². The number of hydrogen-bond donors (Lipinski definition) is 2. The minimum atomic E-state index is -0.708. The third-order valence-corrected chi connectivity index (χ3v) is 3.22. The highest BCUT2D eigenvalue weighted by atomic mass is 16.4. The molecular weight excluding hydrogens is 250 g/mol. The predicted molar refractivity (Wildman–Crippen MR) is 83.6 cm³/mol. The van der Waals surface area contributed by atoms with Crippen molar-refractivity contribution in [3.8, 4) is 0 Å². The first-order valence-corrected chi connectivity index (χ1v) is 7.39. The zero-order valence-electron chi connectivity index (χ0n) is 12.1. The van der Waals surface area contributed by atoms with Crippen LogP contribution >= 0.6 is 0 Å². The minimum absolute atomic E-state index is 0.267. The minimum Gasteiger partial charge on any atom is -0.481 e. The molecule has 0 amide bonds. The highest BCUT2D eigenvalue weighted by Crippen LogP contribution is 2.11. The molecule has 0 atom stereocenters. The van der Waals surface area contributed by atoms with E-state index in [0.717, 1.165) is 45.1 Å². The zero-order valence-corrected chi connectivity index (χ0v) is 12.1. The fourth-order valence-corrected chi connectivity index (χ4v) is 2.03. The molecule has 1 aromatic rings. The van der Waals surface area contributed by atoms with Crippen LogP contribution in [0.2, 0.25) is 0 Å². The van der Waals surface area contributed by atoms with Gasteiger partial charge in [0, 0.05) is 6.42 Å². The van der Waals surface area contributed by atoms with Crippen LogP contribution in [0.4, 0.5) is 0 Å². The summed E-state index contributed by atoms with van der Waals surface area (Å²) in [5.41, 5.74) is 7.94. The van der Waals surface area contributed by atoms with E-state index in [4.69, 9.17) is 10.8 Å². The molecule has 3 heteroatoms. The van der Waals surface area contributed by atoms with Crippen LogP contribution in [0.1, 0.15) is 49.7 Å². The Bertz CT molecular complexity index is 410. The standard InChI is InChI=1S/C17H25NO2/c18-14-6-2-1-3-7-15-10-12-16(13-11-15)8-4-5-9-17(19)20/h3,7,10-13H,1-2,4-6,8-9,14,18H2,(H,19,20). The van der Waals surface area contributed by atoms with E-state index in [0.29, 0.717) is 0 Å². The molecule has 0 saturated heterocycles. The van der Waals surface area contributed by atoms with E-state index >= 15 is 0 Å². The summed E-state index contributed by atoms with van der Waals surface area (Å²) in [6.45, 7) is 0.768. The Balaban J connectivity index is 2.27. The van der Waals surface area contributed by atoms with Gasteiger partial charge in [0.2, 0.25) is 0 Å². The number of aliphatic carboxylic acids is 1. The van der Waals surface area contributed by atoms with Crippen LogP contribution in [0.5, 0.6) is 0 Å². The molecule has 0 fully saturated rings. The van der Waals surface area contributed by atoms with E-state index in [2.05, 4.69) is 36.4 Å². The summed E-state index contributed by atoms with van der Waals surface area (Å²) in [5.74, 6) is -0.708. The molecule has 1 rings (SSSR count). The van der Waals surface area contributed by atoms with Gasteiger partial charge in [-0.15, -0.1) is 0 Å². The number of carboxylic acid groups (broad SMARTS) is 1. The van der Waals surface area contributed by atoms with Crippen molar-refractivity contribution in [3.05, 3.63) is 41.5 Å². The van der Waals surface area contributed by atoms with Gasteiger partial charge in [0.25, 0.3) is 0 Å². The van der Waals surface area contributed by atoms with Crippen LogP contribution in [0, 0.1) is 0 Å². The van der Waals surface area contributed by atoms with Crippen molar-refractivity contribution in [2.75, 3.05) is 6.54 Å². The second kappa shape index (κ2) is 10.2. The van der Waals surface area contributed by atoms with E-state index in [-0.39, 0.29) is 6.42 Å². The molecular formula is C17H25NO2. The maximum atomic E-state index is 10.4. The van der Waals surface area contributed by atoms with Crippen molar-refractivity contribution in [1.82, 2.24) is 0 Å². The Labute approximate surface area is 121 Å². The summed E-state index contributed by atoms with van der Waals surface area (Å²) in [7, 11) is 0. The quantitative estimate of drug-likeness (QED) is 0.641. The molecule has 0 unspecified atom stereocenters. The summed E-state index contributed by atoms with van der Waals surface area (Å²) in [6.07, 6.45) is 10.5. The van der Waals surface area contributed by atoms with Crippen molar-refractivity contribution >= 4 is 12.0 Å². The van der Waals surface area contributed by atoms with E-state index < -0.39 is 5.97 Å². The predicted octanol–water partition coefficient (Wildman–Crippen LogP) is 3.63. The smallest absolute Gasteiger partial charge is 0.303 e. The zero-order chi connectivity index (χ0) is 14.6. The van der Waals surface area contributed by atoms with Crippen molar-refractivity contribution in [1.29, 1.82) is 0 Å². The molecule has 0 bridgehead atoms. The Morgan fingerprint density at radius 2 is 1.85 bits per heavy atom. The summed E-state index contributed by atoms with van der Waals surface area (Å²) in [4.78, 5) is 10.4. The van der Waals surface area contributed by atoms with E-state index in [1.165, 1.54) is 11.1 Å². The normalized spacial score (nSPS) is 11.1. The number of carbonyl (C=O) groups is 1. The van der Waals surface area contributed by atoms with Gasteiger partial charge in [-0.3, -0.25) is 4.79 Å². The fraction of sp³-hybridized carbons (Fsp3) is 0.471. The van der Waals surface area contributed by atoms with E-state index in [1.54, 1.807) is 0 Å². The van der Waals surface area contributed by atoms with Gasteiger partial charge in [-0.2, -0.15) is 0 Å². The lowest BCUT2D eigenvalue weighted by Gasteiger charge is -2.01. The molecule has 0 aliphatic heterocycles. The van der Waals surface area contributed by atoms with Crippen LogP contribution in [0.15, 0.2) is 30.3 Å². The monoisotopic (exact) mass is 275 g/mol. The van der Waals surface area contributed by atoms with Gasteiger partial charge in [0.05, 0.1) is 0 Å². The van der Waals surface area contributed by atoms with Crippen molar-refractivity contribution in [3.63, 3.8) is 0 Å². The topological polar surface area (TPSA) is 63.3 Å². The van der Waals surface area contributed by atoms with Crippen molar-refractivity contribution < 1.29 is 9.90 Å². The third kappa shape index (κ3) is 7.74. The Kier molecular flexibility index (Phi) is 8.40. The summed E-state index contributed by atoms with van der Waals surface area (Å²) in [6, 6.07) is 8.48. The number of allylic oxidation sites excluding steroid dienone is 1. The number of hydrogen-bond acceptors (Lipinski definition) is 2. The van der Waals surface area contributed by atoms with Gasteiger partial charge < -0.3 is 10.8 Å². The second-order valence-corrected chi connectivity index (χ2v) is 5.03. The van der Waals surface area contributed by atoms with Gasteiger partial charge >= 0.3 is 5.97 Å². The molecule has 0 radical (unpaired) electrons. The van der Waals surface area contributed by atoms with Crippen LogP contribution < -0.4 is 5.73 Å². The molecule has 0 saturated carbocycles. The number of aryl methyl sites for hydroxylation is 1. The molecule has 0 aliphatic carbocycles. The highest BCUT2D eigenvalue weighted by Gasteiger charge is 1.98. The molecule has 110 valence electrons. The van der Waals surface area contributed by atoms with Gasteiger partial charge in [-0.1, -0.05) is 36.4 Å². The average Bonchev–Trinajstić information content (AvgIpc) is 2.44. The number of rotatable bonds is 10. The van der Waals surface area contributed by atoms with Gasteiger partial charge in [-0.25, -0.2) is 0 Å².